The number of aromatic carboxylic acids is 1. The number of para-hydroxylation sites is 1. The average Bonchev–Trinajstić information content (AvgIpc) is 3.38. The number of methoxy groups -OCH3 is 2. The van der Waals surface area contributed by atoms with E-state index >= 15 is 0 Å². The number of carboxylic acids is 1. The number of hydrogen-bond acceptors (Lipinski definition) is 7. The number of ether oxygens (including phenoxy) is 2. The van der Waals surface area contributed by atoms with Crippen molar-refractivity contribution in [3.05, 3.63) is 78.5 Å². The predicted molar refractivity (Wildman–Crippen MR) is 147 cm³/mol. The molecule has 3 aromatic carbocycles. The van der Waals surface area contributed by atoms with Crippen LogP contribution in [0.4, 0.5) is 0 Å². The van der Waals surface area contributed by atoms with Crippen molar-refractivity contribution in [2.45, 2.75) is 9.79 Å². The van der Waals surface area contributed by atoms with E-state index < -0.39 is 5.97 Å². The first-order chi connectivity index (χ1) is 18.2. The number of aliphatic hydroxyl groups is 1. The van der Waals surface area contributed by atoms with E-state index in [4.69, 9.17) is 19.7 Å². The first kappa shape index (κ1) is 28.7. The number of hydrogen-bond donors (Lipinski definition) is 2. The molecule has 0 atom stereocenters. The summed E-state index contributed by atoms with van der Waals surface area (Å²) >= 11 is 1.53. The van der Waals surface area contributed by atoms with Crippen LogP contribution in [0.25, 0.3) is 16.9 Å². The highest BCUT2D eigenvalue weighted by Gasteiger charge is 2.15. The van der Waals surface area contributed by atoms with Gasteiger partial charge in [-0.3, -0.25) is 0 Å². The molecule has 0 saturated heterocycles. The quantitative estimate of drug-likeness (QED) is 0.301. The molecule has 4 rings (SSSR count). The Balaban J connectivity index is 0.000000505. The van der Waals surface area contributed by atoms with E-state index in [1.807, 2.05) is 48.7 Å². The summed E-state index contributed by atoms with van der Waals surface area (Å²) in [6, 6.07) is 20.2. The molecule has 38 heavy (non-hydrogen) atoms. The Morgan fingerprint density at radius 3 is 2.26 bits per heavy atom. The van der Waals surface area contributed by atoms with E-state index in [1.165, 1.54) is 11.8 Å². The first-order valence-electron chi connectivity index (χ1n) is 11.8. The van der Waals surface area contributed by atoms with Crippen LogP contribution in [-0.2, 0) is 0 Å². The zero-order valence-corrected chi connectivity index (χ0v) is 23.0. The molecule has 0 aliphatic rings. The topological polar surface area (TPSA) is 107 Å². The van der Waals surface area contributed by atoms with Gasteiger partial charge in [0.2, 0.25) is 0 Å². The zero-order chi connectivity index (χ0) is 27.7. The fourth-order valence-electron chi connectivity index (χ4n) is 3.42. The molecule has 0 bridgehead atoms. The van der Waals surface area contributed by atoms with Gasteiger partial charge in [-0.15, -0.1) is 5.10 Å². The van der Waals surface area contributed by atoms with Crippen LogP contribution < -0.4 is 9.47 Å². The third-order valence-electron chi connectivity index (χ3n) is 5.39. The van der Waals surface area contributed by atoms with Crippen LogP contribution in [0.1, 0.15) is 10.4 Å². The number of aliphatic hydroxyl groups excluding tert-OH is 1. The fourth-order valence-corrected chi connectivity index (χ4v) is 4.37. The molecule has 1 heterocycles. The molecular weight excluding hydrogens is 504 g/mol. The van der Waals surface area contributed by atoms with Gasteiger partial charge in [0, 0.05) is 15.4 Å². The van der Waals surface area contributed by atoms with Gasteiger partial charge in [-0.25, -0.2) is 9.48 Å². The number of likely N-dealkylation sites (N-methyl/N-ethyl adjacent to an activating group) is 1. The van der Waals surface area contributed by atoms with Gasteiger partial charge >= 0.3 is 5.97 Å². The highest BCUT2D eigenvalue weighted by molar-refractivity contribution is 7.99. The highest BCUT2D eigenvalue weighted by atomic mass is 32.2. The third kappa shape index (κ3) is 7.58. The summed E-state index contributed by atoms with van der Waals surface area (Å²) in [4.78, 5) is 13.0. The van der Waals surface area contributed by atoms with Crippen molar-refractivity contribution in [2.75, 3.05) is 48.5 Å². The standard InChI is InChI=1S/C23H19N3O4S.C5H14NO/c1-29-20-8-5-7-19(22(20)30-2)26-14-18(24-25-26)17-6-3-4-9-21(17)31-16-12-10-15(11-13-16)23(27)28;1-6(2,3)4-5-7/h3-14H,1-2H3,(H,27,28);7H,4-5H2,1-3H3/q;+1. The molecule has 0 amide bonds. The second-order valence-electron chi connectivity index (χ2n) is 9.23. The van der Waals surface area contributed by atoms with Crippen LogP contribution in [0.2, 0.25) is 0 Å². The van der Waals surface area contributed by atoms with Gasteiger partial charge in [0.05, 0.1) is 53.7 Å². The maximum absolute atomic E-state index is 11.1. The van der Waals surface area contributed by atoms with Crippen LogP contribution in [0.3, 0.4) is 0 Å². The Hall–Kier alpha value is -3.86. The molecule has 0 unspecified atom stereocenters. The van der Waals surface area contributed by atoms with Gasteiger partial charge in [0.15, 0.2) is 11.5 Å². The number of benzene rings is 3. The Bertz CT molecular complexity index is 1350. The second-order valence-corrected chi connectivity index (χ2v) is 10.3. The summed E-state index contributed by atoms with van der Waals surface area (Å²) in [5.41, 5.74) is 2.60. The lowest BCUT2D eigenvalue weighted by Crippen LogP contribution is -2.36. The van der Waals surface area contributed by atoms with Crippen molar-refractivity contribution in [3.8, 4) is 28.4 Å². The minimum Gasteiger partial charge on any atom is -0.493 e. The van der Waals surface area contributed by atoms with Gasteiger partial charge in [-0.2, -0.15) is 0 Å². The molecular formula is C28H33N4O5S+. The Morgan fingerprint density at radius 2 is 1.68 bits per heavy atom. The summed E-state index contributed by atoms with van der Waals surface area (Å²) in [6.45, 7) is 1.11. The van der Waals surface area contributed by atoms with E-state index in [9.17, 15) is 4.79 Å². The second kappa shape index (κ2) is 13.1. The average molecular weight is 538 g/mol. The summed E-state index contributed by atoms with van der Waals surface area (Å²) < 4.78 is 13.4. The zero-order valence-electron chi connectivity index (χ0n) is 22.2. The Labute approximate surface area is 226 Å². The SMILES string of the molecule is COc1cccc(-n2cc(-c3ccccc3Sc3ccc(C(=O)O)cc3)nn2)c1OC.C[N+](C)(C)CCO. The van der Waals surface area contributed by atoms with E-state index in [0.717, 1.165) is 32.1 Å². The third-order valence-corrected chi connectivity index (χ3v) is 6.47. The molecule has 0 aliphatic heterocycles. The van der Waals surface area contributed by atoms with Crippen LogP contribution in [0.15, 0.2) is 82.7 Å². The number of aromatic nitrogens is 3. The van der Waals surface area contributed by atoms with E-state index in [0.29, 0.717) is 17.2 Å². The molecule has 200 valence electrons. The van der Waals surface area contributed by atoms with E-state index in [1.54, 1.807) is 43.2 Å². The lowest BCUT2D eigenvalue weighted by molar-refractivity contribution is -0.870. The number of carbonyl (C=O) groups is 1. The number of quaternary nitrogens is 1. The molecule has 9 nitrogen and oxygen atoms in total. The Kier molecular flexibility index (Phi) is 9.89. The van der Waals surface area contributed by atoms with Crippen molar-refractivity contribution in [1.29, 1.82) is 0 Å². The molecule has 0 saturated carbocycles. The molecule has 0 fully saturated rings. The lowest BCUT2D eigenvalue weighted by atomic mass is 10.2. The monoisotopic (exact) mass is 537 g/mol. The van der Waals surface area contributed by atoms with Gasteiger partial charge in [-0.05, 0) is 42.5 Å². The van der Waals surface area contributed by atoms with E-state index in [2.05, 4.69) is 31.5 Å². The summed E-state index contributed by atoms with van der Waals surface area (Å²) in [6.07, 6.45) is 1.84. The van der Waals surface area contributed by atoms with Crippen LogP contribution in [0, 0.1) is 0 Å². The number of rotatable bonds is 9. The lowest BCUT2D eigenvalue weighted by Gasteiger charge is -2.21. The van der Waals surface area contributed by atoms with Gasteiger partial charge in [0.1, 0.15) is 17.9 Å². The predicted octanol–water partition coefficient (Wildman–Crippen LogP) is 4.49. The molecule has 10 heteroatoms. The summed E-state index contributed by atoms with van der Waals surface area (Å²) in [7, 11) is 9.33. The molecule has 0 spiro atoms. The van der Waals surface area contributed by atoms with Crippen molar-refractivity contribution in [2.24, 2.45) is 0 Å². The number of carboxylic acid groups (broad SMARTS) is 1. The fraction of sp³-hybridized carbons (Fsp3) is 0.250. The summed E-state index contributed by atoms with van der Waals surface area (Å²) in [5.74, 6) is 0.238. The Morgan fingerprint density at radius 1 is 0.974 bits per heavy atom. The molecule has 0 radical (unpaired) electrons. The smallest absolute Gasteiger partial charge is 0.335 e. The van der Waals surface area contributed by atoms with Gasteiger partial charge < -0.3 is 24.2 Å². The van der Waals surface area contributed by atoms with E-state index in [-0.39, 0.29) is 12.2 Å². The van der Waals surface area contributed by atoms with Crippen molar-refractivity contribution in [3.63, 3.8) is 0 Å². The van der Waals surface area contributed by atoms with Gasteiger partial charge in [0.25, 0.3) is 0 Å². The molecule has 4 aromatic rings. The molecule has 0 aliphatic carbocycles. The normalized spacial score (nSPS) is 10.9. The largest absolute Gasteiger partial charge is 0.493 e. The summed E-state index contributed by atoms with van der Waals surface area (Å²) in [5, 5.41) is 26.1. The minimum atomic E-state index is -0.943. The minimum absolute atomic E-state index is 0.257. The molecule has 1 aromatic heterocycles. The van der Waals surface area contributed by atoms with Crippen molar-refractivity contribution in [1.82, 2.24) is 15.0 Å². The highest BCUT2D eigenvalue weighted by Crippen LogP contribution is 2.37. The maximum Gasteiger partial charge on any atom is 0.335 e. The first-order valence-corrected chi connectivity index (χ1v) is 12.6. The van der Waals surface area contributed by atoms with Crippen molar-refractivity contribution >= 4 is 17.7 Å². The van der Waals surface area contributed by atoms with Crippen LogP contribution in [-0.4, -0.2) is 84.2 Å². The van der Waals surface area contributed by atoms with Gasteiger partial charge in [-0.1, -0.05) is 41.2 Å². The van der Waals surface area contributed by atoms with Crippen molar-refractivity contribution < 1.29 is 29.0 Å². The molecule has 2 N–H and O–H groups in total. The maximum atomic E-state index is 11.1. The number of nitrogens with zero attached hydrogens (tertiary/aromatic N) is 4. The van der Waals surface area contributed by atoms with Crippen LogP contribution >= 0.6 is 11.8 Å². The van der Waals surface area contributed by atoms with Crippen LogP contribution in [0.5, 0.6) is 11.5 Å².